The van der Waals surface area contributed by atoms with Crippen LogP contribution in [0.3, 0.4) is 0 Å². The van der Waals surface area contributed by atoms with Gasteiger partial charge < -0.3 is 16.0 Å². The molecular weight excluding hydrogens is 377 g/mol. The van der Waals surface area contributed by atoms with E-state index in [0.29, 0.717) is 15.4 Å². The van der Waals surface area contributed by atoms with E-state index >= 15 is 0 Å². The van der Waals surface area contributed by atoms with Crippen LogP contribution in [0.1, 0.15) is 57.8 Å². The molecule has 1 aliphatic carbocycles. The minimum absolute atomic E-state index is 0.230. The maximum atomic E-state index is 11.8. The molecule has 0 spiro atoms. The van der Waals surface area contributed by atoms with Gasteiger partial charge in [-0.05, 0) is 58.0 Å². The molecule has 0 aromatic carbocycles. The summed E-state index contributed by atoms with van der Waals surface area (Å²) in [5, 5.41) is 3.35. The van der Waals surface area contributed by atoms with Crippen LogP contribution in [0, 0.1) is 5.92 Å². The van der Waals surface area contributed by atoms with E-state index in [2.05, 4.69) is 27.9 Å². The highest BCUT2D eigenvalue weighted by molar-refractivity contribution is 14.1. The van der Waals surface area contributed by atoms with Crippen LogP contribution in [0.25, 0.3) is 0 Å². The van der Waals surface area contributed by atoms with Gasteiger partial charge in [0.1, 0.15) is 0 Å². The first kappa shape index (κ1) is 17.3. The van der Waals surface area contributed by atoms with Gasteiger partial charge in [-0.15, -0.1) is 0 Å². The molecule has 0 radical (unpaired) electrons. The molecule has 2 fully saturated rings. The number of carbonyl (C=O) groups is 1. The number of piperidine rings is 1. The van der Waals surface area contributed by atoms with Gasteiger partial charge in [0.15, 0.2) is 0 Å². The van der Waals surface area contributed by atoms with E-state index in [0.717, 1.165) is 25.9 Å². The number of rotatable bonds is 5. The number of urea groups is 1. The predicted octanol–water partition coefficient (Wildman–Crippen LogP) is 3.28. The van der Waals surface area contributed by atoms with Crippen molar-refractivity contribution in [3.8, 4) is 0 Å². The van der Waals surface area contributed by atoms with Crippen molar-refractivity contribution in [2.45, 2.75) is 67.3 Å². The molecule has 1 aliphatic heterocycles. The number of alkyl halides is 1. The molecular formula is C16H30IN3O. The number of hydrogen-bond acceptors (Lipinski definition) is 2. The smallest absolute Gasteiger partial charge is 0.315 e. The Balaban J connectivity index is 2.07. The lowest BCUT2D eigenvalue weighted by Gasteiger charge is -2.43. The van der Waals surface area contributed by atoms with E-state index in [4.69, 9.17) is 5.73 Å². The lowest BCUT2D eigenvalue weighted by molar-refractivity contribution is 0.113. The molecule has 0 aromatic rings. The molecule has 1 saturated heterocycles. The summed E-state index contributed by atoms with van der Waals surface area (Å²) in [5.41, 5.74) is 5.62. The Morgan fingerprint density at radius 1 is 1.33 bits per heavy atom. The van der Waals surface area contributed by atoms with Gasteiger partial charge in [0.05, 0.1) is 0 Å². The molecule has 3 N–H and O–H groups in total. The summed E-state index contributed by atoms with van der Waals surface area (Å²) in [5.74, 6) is 0.526. The van der Waals surface area contributed by atoms with Crippen molar-refractivity contribution in [1.82, 2.24) is 10.2 Å². The minimum atomic E-state index is -0.230. The average Bonchev–Trinajstić information content (AvgIpc) is 2.47. The maximum absolute atomic E-state index is 11.8. The van der Waals surface area contributed by atoms with Gasteiger partial charge in [-0.2, -0.15) is 0 Å². The molecule has 2 amide bonds. The lowest BCUT2D eigenvalue weighted by atomic mass is 9.78. The molecule has 1 saturated carbocycles. The summed E-state index contributed by atoms with van der Waals surface area (Å²) < 4.78 is 0.429. The molecule has 1 heterocycles. The maximum Gasteiger partial charge on any atom is 0.315 e. The van der Waals surface area contributed by atoms with E-state index in [-0.39, 0.29) is 6.03 Å². The summed E-state index contributed by atoms with van der Waals surface area (Å²) >= 11 is 2.70. The number of primary amides is 1. The first-order chi connectivity index (χ1) is 10.1. The van der Waals surface area contributed by atoms with E-state index in [1.54, 1.807) is 0 Å². The van der Waals surface area contributed by atoms with Gasteiger partial charge in [0.2, 0.25) is 0 Å². The topological polar surface area (TPSA) is 58.4 Å². The van der Waals surface area contributed by atoms with Gasteiger partial charge in [-0.1, -0.05) is 41.9 Å². The molecule has 122 valence electrons. The number of carbonyl (C=O) groups excluding carboxylic acids is 1. The molecule has 2 unspecified atom stereocenters. The molecule has 5 heteroatoms. The predicted molar refractivity (Wildman–Crippen MR) is 95.8 cm³/mol. The van der Waals surface area contributed by atoms with Gasteiger partial charge in [0, 0.05) is 16.0 Å². The Labute approximate surface area is 142 Å². The fraction of sp³-hybridized carbons (Fsp3) is 0.938. The normalized spacial score (nSPS) is 27.3. The second-order valence-electron chi connectivity index (χ2n) is 6.83. The van der Waals surface area contributed by atoms with Crippen LogP contribution in [-0.2, 0) is 0 Å². The molecule has 2 rings (SSSR count). The number of nitrogens with two attached hydrogens (primary N) is 1. The molecule has 21 heavy (non-hydrogen) atoms. The SMILES string of the molecule is CNCC(CC1(I)CCCCC1)C1CCCCN1C(N)=O. The van der Waals surface area contributed by atoms with E-state index in [9.17, 15) is 4.79 Å². The third-order valence-corrected chi connectivity index (χ3v) is 6.74. The Bertz CT molecular complexity index is 344. The first-order valence-electron chi connectivity index (χ1n) is 8.45. The Morgan fingerprint density at radius 3 is 2.67 bits per heavy atom. The number of amides is 2. The Morgan fingerprint density at radius 2 is 2.05 bits per heavy atom. The van der Waals surface area contributed by atoms with Gasteiger partial charge in [-0.3, -0.25) is 0 Å². The summed E-state index contributed by atoms with van der Waals surface area (Å²) in [4.78, 5) is 13.7. The Hall–Kier alpha value is -0.0400. The fourth-order valence-corrected chi connectivity index (χ4v) is 5.52. The third-order valence-electron chi connectivity index (χ3n) is 5.22. The minimum Gasteiger partial charge on any atom is -0.351 e. The van der Waals surface area contributed by atoms with Crippen molar-refractivity contribution in [1.29, 1.82) is 0 Å². The molecule has 0 bridgehead atoms. The standard InChI is InChI=1S/C16H30IN3O/c1-19-12-13(11-16(17)8-4-2-5-9-16)14-7-3-6-10-20(14)15(18)21/h13-14,19H,2-12H2,1H3,(H2,18,21). The summed E-state index contributed by atoms with van der Waals surface area (Å²) in [7, 11) is 2.02. The number of nitrogens with zero attached hydrogens (tertiary/aromatic N) is 1. The van der Waals surface area contributed by atoms with Gasteiger partial charge in [-0.25, -0.2) is 4.79 Å². The van der Waals surface area contributed by atoms with Gasteiger partial charge in [0.25, 0.3) is 0 Å². The highest BCUT2D eigenvalue weighted by Crippen LogP contribution is 2.43. The number of halogens is 1. The quantitative estimate of drug-likeness (QED) is 0.543. The second-order valence-corrected chi connectivity index (χ2v) is 9.12. The Kier molecular flexibility index (Phi) is 6.59. The van der Waals surface area contributed by atoms with Crippen molar-refractivity contribution in [3.05, 3.63) is 0 Å². The third kappa shape index (κ3) is 4.71. The summed E-state index contributed by atoms with van der Waals surface area (Å²) in [6.45, 7) is 1.83. The largest absolute Gasteiger partial charge is 0.351 e. The highest BCUT2D eigenvalue weighted by atomic mass is 127. The van der Waals surface area contributed by atoms with Crippen LogP contribution >= 0.6 is 22.6 Å². The first-order valence-corrected chi connectivity index (χ1v) is 9.53. The summed E-state index contributed by atoms with van der Waals surface area (Å²) in [6.07, 6.45) is 11.4. The van der Waals surface area contributed by atoms with E-state index < -0.39 is 0 Å². The lowest BCUT2D eigenvalue weighted by Crippen LogP contribution is -2.52. The highest BCUT2D eigenvalue weighted by Gasteiger charge is 2.38. The van der Waals surface area contributed by atoms with Crippen molar-refractivity contribution in [3.63, 3.8) is 0 Å². The van der Waals surface area contributed by atoms with Crippen molar-refractivity contribution >= 4 is 28.6 Å². The van der Waals surface area contributed by atoms with Crippen LogP contribution in [0.5, 0.6) is 0 Å². The van der Waals surface area contributed by atoms with E-state index in [1.807, 2.05) is 11.9 Å². The van der Waals surface area contributed by atoms with Crippen LogP contribution in [0.4, 0.5) is 4.79 Å². The summed E-state index contributed by atoms with van der Waals surface area (Å²) in [6, 6.07) is 0.101. The van der Waals surface area contributed by atoms with Crippen LogP contribution in [-0.4, -0.2) is 40.5 Å². The number of nitrogens with one attached hydrogen (secondary N) is 1. The second kappa shape index (κ2) is 7.99. The zero-order valence-electron chi connectivity index (χ0n) is 13.2. The van der Waals surface area contributed by atoms with E-state index in [1.165, 1.54) is 44.9 Å². The van der Waals surface area contributed by atoms with Gasteiger partial charge >= 0.3 is 6.03 Å². The number of likely N-dealkylation sites (tertiary alicyclic amines) is 1. The van der Waals surface area contributed by atoms with Crippen LogP contribution in [0.15, 0.2) is 0 Å². The molecule has 2 aliphatic rings. The molecule has 2 atom stereocenters. The zero-order chi connectivity index (χ0) is 15.3. The van der Waals surface area contributed by atoms with Crippen LogP contribution in [0.2, 0.25) is 0 Å². The molecule has 0 aromatic heterocycles. The average molecular weight is 407 g/mol. The van der Waals surface area contributed by atoms with Crippen LogP contribution < -0.4 is 11.1 Å². The van der Waals surface area contributed by atoms with Crippen molar-refractivity contribution < 1.29 is 4.79 Å². The molecule has 4 nitrogen and oxygen atoms in total. The van der Waals surface area contributed by atoms with Crippen molar-refractivity contribution in [2.75, 3.05) is 20.1 Å². The zero-order valence-corrected chi connectivity index (χ0v) is 15.4. The van der Waals surface area contributed by atoms with Crippen molar-refractivity contribution in [2.24, 2.45) is 11.7 Å². The number of hydrogen-bond donors (Lipinski definition) is 2. The fourth-order valence-electron chi connectivity index (χ4n) is 4.19. The monoisotopic (exact) mass is 407 g/mol.